The number of esters is 1. The number of aromatic hydroxyl groups is 2. The van der Waals surface area contributed by atoms with Gasteiger partial charge in [0.1, 0.15) is 5.82 Å². The molecule has 2 bridgehead atoms. The van der Waals surface area contributed by atoms with E-state index in [2.05, 4.69) is 17.0 Å². The summed E-state index contributed by atoms with van der Waals surface area (Å²) in [6, 6.07) is 15.7. The number of likely N-dealkylation sites (tertiary alicyclic amines) is 1. The number of aryl methyl sites for hydroxylation is 1. The number of aromatic nitrogens is 1. The Labute approximate surface area is 191 Å². The van der Waals surface area contributed by atoms with Crippen molar-refractivity contribution in [3.63, 3.8) is 0 Å². The molecule has 2 fully saturated rings. The average molecular weight is 451 g/mol. The van der Waals surface area contributed by atoms with Crippen molar-refractivity contribution in [2.75, 3.05) is 13.2 Å². The zero-order valence-electron chi connectivity index (χ0n) is 18.4. The molecule has 0 radical (unpaired) electrons. The van der Waals surface area contributed by atoms with E-state index in [9.17, 15) is 19.4 Å². The third kappa shape index (κ3) is 3.97. The summed E-state index contributed by atoms with van der Waals surface area (Å²) in [7, 11) is 0. The Bertz CT molecular complexity index is 1180. The van der Waals surface area contributed by atoms with E-state index in [1.165, 1.54) is 23.8 Å². The quantitative estimate of drug-likeness (QED) is 0.545. The van der Waals surface area contributed by atoms with Crippen LogP contribution in [0.3, 0.4) is 0 Å². The van der Waals surface area contributed by atoms with Crippen LogP contribution in [0.2, 0.25) is 0 Å². The molecule has 5 rings (SSSR count). The number of carbonyl (C=O) groups is 1. The molecule has 1 aliphatic heterocycles. The molecular weight excluding hydrogens is 423 g/mol. The average Bonchev–Trinajstić information content (AvgIpc) is 3.43. The lowest BCUT2D eigenvalue weighted by molar-refractivity contribution is 0.0408. The maximum Gasteiger partial charge on any atom is 0.340 e. The lowest BCUT2D eigenvalue weighted by Gasteiger charge is -2.27. The molecule has 33 heavy (non-hydrogen) atoms. The highest BCUT2D eigenvalue weighted by Gasteiger charge is 2.47. The molecule has 1 aliphatic carbocycles. The molecule has 2 aromatic carbocycles. The van der Waals surface area contributed by atoms with E-state index >= 15 is 0 Å². The first-order valence-corrected chi connectivity index (χ1v) is 11.3. The number of hydrogen-bond donors (Lipinski definition) is 2. The van der Waals surface area contributed by atoms with Gasteiger partial charge in [-0.2, -0.15) is 0 Å². The Morgan fingerprint density at radius 2 is 1.91 bits per heavy atom. The lowest BCUT2D eigenvalue weighted by atomic mass is 9.99. The van der Waals surface area contributed by atoms with E-state index < -0.39 is 11.8 Å². The molecule has 3 atom stereocenters. The van der Waals surface area contributed by atoms with Crippen molar-refractivity contribution in [2.24, 2.45) is 11.8 Å². The van der Waals surface area contributed by atoms with E-state index in [0.717, 1.165) is 36.6 Å². The highest BCUT2D eigenvalue weighted by molar-refractivity contribution is 5.94. The van der Waals surface area contributed by atoms with Gasteiger partial charge >= 0.3 is 5.97 Å². The summed E-state index contributed by atoms with van der Waals surface area (Å²) in [5.41, 5.74) is 1.84. The van der Waals surface area contributed by atoms with Crippen molar-refractivity contribution in [3.05, 3.63) is 77.1 Å². The Morgan fingerprint density at radius 3 is 2.64 bits per heavy atom. The summed E-state index contributed by atoms with van der Waals surface area (Å²) in [5, 5.41) is 20.6. The van der Waals surface area contributed by atoms with Gasteiger partial charge in [0.2, 0.25) is 5.88 Å². The molecule has 1 saturated carbocycles. The summed E-state index contributed by atoms with van der Waals surface area (Å²) in [6.07, 6.45) is 2.20. The summed E-state index contributed by atoms with van der Waals surface area (Å²) in [4.78, 5) is 15.5. The molecule has 6 nitrogen and oxygen atoms in total. The summed E-state index contributed by atoms with van der Waals surface area (Å²) < 4.78 is 20.8. The number of benzene rings is 2. The SMILES string of the molecule is Cc1cc(O)n(-c2ccc(F)cc2C(=O)OCC2C3CCC2N(Cc2ccccc2)C3)c1O. The topological polar surface area (TPSA) is 74.9 Å². The fourth-order valence-corrected chi connectivity index (χ4v) is 5.45. The zero-order chi connectivity index (χ0) is 23.1. The van der Waals surface area contributed by atoms with Gasteiger partial charge in [-0.15, -0.1) is 0 Å². The van der Waals surface area contributed by atoms with Gasteiger partial charge in [-0.1, -0.05) is 30.3 Å². The van der Waals surface area contributed by atoms with E-state index in [1.54, 1.807) is 6.92 Å². The van der Waals surface area contributed by atoms with Gasteiger partial charge in [-0.3, -0.25) is 9.47 Å². The minimum Gasteiger partial charge on any atom is -0.494 e. The van der Waals surface area contributed by atoms with Crippen LogP contribution in [0.1, 0.15) is 34.3 Å². The molecule has 2 aliphatic rings. The summed E-state index contributed by atoms with van der Waals surface area (Å²) in [6.45, 7) is 3.76. The minimum absolute atomic E-state index is 0.0392. The van der Waals surface area contributed by atoms with E-state index in [-0.39, 0.29) is 35.5 Å². The van der Waals surface area contributed by atoms with Gasteiger partial charge < -0.3 is 14.9 Å². The monoisotopic (exact) mass is 450 g/mol. The zero-order valence-corrected chi connectivity index (χ0v) is 18.4. The van der Waals surface area contributed by atoms with Crippen LogP contribution in [0.4, 0.5) is 4.39 Å². The van der Waals surface area contributed by atoms with E-state index in [0.29, 0.717) is 17.5 Å². The van der Waals surface area contributed by atoms with Crippen LogP contribution in [0, 0.1) is 24.6 Å². The molecule has 0 spiro atoms. The number of hydrogen-bond acceptors (Lipinski definition) is 5. The summed E-state index contributed by atoms with van der Waals surface area (Å²) >= 11 is 0. The molecule has 1 aromatic heterocycles. The van der Waals surface area contributed by atoms with Gasteiger partial charge in [0.15, 0.2) is 5.88 Å². The Hall–Kier alpha value is -3.32. The van der Waals surface area contributed by atoms with Crippen molar-refractivity contribution in [3.8, 4) is 17.4 Å². The van der Waals surface area contributed by atoms with Gasteiger partial charge in [0.05, 0.1) is 17.9 Å². The first kappa shape index (κ1) is 21.5. The van der Waals surface area contributed by atoms with Crippen LogP contribution in [0.5, 0.6) is 11.8 Å². The van der Waals surface area contributed by atoms with Crippen LogP contribution < -0.4 is 0 Å². The van der Waals surface area contributed by atoms with Crippen molar-refractivity contribution in [2.45, 2.75) is 32.4 Å². The number of rotatable bonds is 6. The number of fused-ring (bicyclic) bond motifs is 2. The second-order valence-electron chi connectivity index (χ2n) is 9.09. The van der Waals surface area contributed by atoms with Crippen LogP contribution in [0.15, 0.2) is 54.6 Å². The Balaban J connectivity index is 1.32. The lowest BCUT2D eigenvalue weighted by Crippen LogP contribution is -2.33. The van der Waals surface area contributed by atoms with Crippen LogP contribution in [-0.4, -0.2) is 44.8 Å². The van der Waals surface area contributed by atoms with Crippen molar-refractivity contribution in [1.82, 2.24) is 9.47 Å². The number of ether oxygens (including phenoxy) is 1. The minimum atomic E-state index is -0.671. The van der Waals surface area contributed by atoms with Crippen molar-refractivity contribution >= 4 is 5.97 Å². The molecule has 0 amide bonds. The smallest absolute Gasteiger partial charge is 0.340 e. The molecule has 2 N–H and O–H groups in total. The molecule has 2 heterocycles. The van der Waals surface area contributed by atoms with Crippen LogP contribution >= 0.6 is 0 Å². The molecule has 3 unspecified atom stereocenters. The first-order valence-electron chi connectivity index (χ1n) is 11.3. The number of halogens is 1. The van der Waals surface area contributed by atoms with Crippen LogP contribution in [-0.2, 0) is 11.3 Å². The number of carbonyl (C=O) groups excluding carboxylic acids is 1. The number of nitrogens with zero attached hydrogens (tertiary/aromatic N) is 2. The van der Waals surface area contributed by atoms with Gasteiger partial charge in [0.25, 0.3) is 0 Å². The predicted molar refractivity (Wildman–Crippen MR) is 121 cm³/mol. The Morgan fingerprint density at radius 1 is 1.12 bits per heavy atom. The van der Waals surface area contributed by atoms with E-state index in [4.69, 9.17) is 4.74 Å². The first-order chi connectivity index (χ1) is 15.9. The predicted octanol–water partition coefficient (Wildman–Crippen LogP) is 4.40. The standard InChI is InChI=1S/C26H27FN2O4/c1-16-11-24(30)29(25(16)31)23-10-8-19(27)12-20(23)26(32)33-15-21-18-7-9-22(21)28(14-18)13-17-5-3-2-4-6-17/h2-6,8,10-12,18,21-22,30-31H,7,9,13-15H2,1H3. The largest absolute Gasteiger partial charge is 0.494 e. The maximum absolute atomic E-state index is 14.0. The third-order valence-corrected chi connectivity index (χ3v) is 7.06. The van der Waals surface area contributed by atoms with Crippen LogP contribution in [0.25, 0.3) is 5.69 Å². The highest BCUT2D eigenvalue weighted by Crippen LogP contribution is 2.43. The van der Waals surface area contributed by atoms with Crippen molar-refractivity contribution < 1.29 is 24.1 Å². The van der Waals surface area contributed by atoms with Gasteiger partial charge in [0, 0.05) is 36.7 Å². The Kier molecular flexibility index (Phi) is 5.58. The van der Waals surface area contributed by atoms with Crippen molar-refractivity contribution in [1.29, 1.82) is 0 Å². The molecule has 172 valence electrons. The van der Waals surface area contributed by atoms with Gasteiger partial charge in [-0.25, -0.2) is 9.18 Å². The fraction of sp³-hybridized carbons (Fsp3) is 0.346. The number of piperidine rings is 1. The normalized spacial score (nSPS) is 22.1. The molecule has 3 aromatic rings. The fourth-order valence-electron chi connectivity index (χ4n) is 5.45. The van der Waals surface area contributed by atoms with Gasteiger partial charge in [-0.05, 0) is 49.4 Å². The molecular formula is C26H27FN2O4. The molecule has 1 saturated heterocycles. The second kappa shape index (κ2) is 8.56. The highest BCUT2D eigenvalue weighted by atomic mass is 19.1. The second-order valence-corrected chi connectivity index (χ2v) is 9.09. The maximum atomic E-state index is 14.0. The third-order valence-electron chi connectivity index (χ3n) is 7.06. The van der Waals surface area contributed by atoms with E-state index in [1.807, 2.05) is 18.2 Å². The summed E-state index contributed by atoms with van der Waals surface area (Å²) in [5.74, 6) is -1.00. The molecule has 7 heteroatoms.